The van der Waals surface area contributed by atoms with Gasteiger partial charge >= 0.3 is 0 Å². The van der Waals surface area contributed by atoms with Crippen molar-refractivity contribution >= 4 is 22.7 Å². The lowest BCUT2D eigenvalue weighted by atomic mass is 10.2. The van der Waals surface area contributed by atoms with Crippen LogP contribution in [-0.4, -0.2) is 24.5 Å². The van der Waals surface area contributed by atoms with Crippen molar-refractivity contribution in [1.82, 2.24) is 24.5 Å². The highest BCUT2D eigenvalue weighted by atomic mass is 15.1. The van der Waals surface area contributed by atoms with Crippen molar-refractivity contribution in [2.24, 2.45) is 0 Å². The van der Waals surface area contributed by atoms with Crippen LogP contribution in [0.3, 0.4) is 0 Å². The summed E-state index contributed by atoms with van der Waals surface area (Å²) in [6, 6.07) is 26.7. The number of hydrogen-bond acceptors (Lipinski definition) is 5. The molecule has 0 saturated heterocycles. The Balaban J connectivity index is 1.51. The lowest BCUT2D eigenvalue weighted by Crippen LogP contribution is -2.03. The van der Waals surface area contributed by atoms with Gasteiger partial charge in [0.1, 0.15) is 18.0 Å². The van der Waals surface area contributed by atoms with Gasteiger partial charge in [-0.2, -0.15) is 4.98 Å². The predicted octanol–water partition coefficient (Wildman–Crippen LogP) is 5.74. The second-order valence-electron chi connectivity index (χ2n) is 7.62. The van der Waals surface area contributed by atoms with Gasteiger partial charge in [0.2, 0.25) is 5.95 Å². The fourth-order valence-electron chi connectivity index (χ4n) is 3.54. The Morgan fingerprint density at radius 1 is 0.774 bits per heavy atom. The van der Waals surface area contributed by atoms with Gasteiger partial charge in [-0.1, -0.05) is 44.2 Å². The SMILES string of the molecule is CC(C)c1ncnc(Nc2ccc(-c3nc4ccccc4n3-c3ccccc3)cc2)n1. The van der Waals surface area contributed by atoms with Gasteiger partial charge in [-0.25, -0.2) is 15.0 Å². The summed E-state index contributed by atoms with van der Waals surface area (Å²) in [5, 5.41) is 3.26. The largest absolute Gasteiger partial charge is 0.324 e. The number of nitrogens with one attached hydrogen (secondary N) is 1. The molecular formula is C25H22N6. The Bertz CT molecular complexity index is 1320. The van der Waals surface area contributed by atoms with Crippen molar-refractivity contribution in [3.8, 4) is 17.1 Å². The number of aromatic nitrogens is 5. The summed E-state index contributed by atoms with van der Waals surface area (Å²) in [4.78, 5) is 17.8. The molecule has 2 aromatic heterocycles. The molecule has 0 atom stereocenters. The third-order valence-corrected chi connectivity index (χ3v) is 5.08. The summed E-state index contributed by atoms with van der Waals surface area (Å²) >= 11 is 0. The molecule has 0 aliphatic carbocycles. The highest BCUT2D eigenvalue weighted by molar-refractivity contribution is 5.83. The van der Waals surface area contributed by atoms with Crippen molar-refractivity contribution in [2.45, 2.75) is 19.8 Å². The highest BCUT2D eigenvalue weighted by Crippen LogP contribution is 2.29. The molecule has 0 unspecified atom stereocenters. The number of rotatable bonds is 5. The molecule has 0 fully saturated rings. The van der Waals surface area contributed by atoms with Gasteiger partial charge in [-0.15, -0.1) is 0 Å². The second kappa shape index (κ2) is 7.99. The molecule has 6 nitrogen and oxygen atoms in total. The van der Waals surface area contributed by atoms with E-state index in [1.807, 2.05) is 48.5 Å². The topological polar surface area (TPSA) is 68.5 Å². The minimum absolute atomic E-state index is 0.247. The van der Waals surface area contributed by atoms with Gasteiger partial charge < -0.3 is 5.32 Å². The van der Waals surface area contributed by atoms with Crippen molar-refractivity contribution in [2.75, 3.05) is 5.32 Å². The van der Waals surface area contributed by atoms with Gasteiger partial charge in [0.05, 0.1) is 11.0 Å². The number of fused-ring (bicyclic) bond motifs is 1. The zero-order valence-corrected chi connectivity index (χ0v) is 17.4. The minimum atomic E-state index is 0.247. The molecule has 0 saturated carbocycles. The molecular weight excluding hydrogens is 384 g/mol. The predicted molar refractivity (Wildman–Crippen MR) is 124 cm³/mol. The molecule has 5 rings (SSSR count). The Kier molecular flexibility index (Phi) is 4.88. The minimum Gasteiger partial charge on any atom is -0.324 e. The highest BCUT2D eigenvalue weighted by Gasteiger charge is 2.14. The monoisotopic (exact) mass is 406 g/mol. The van der Waals surface area contributed by atoms with E-state index in [1.54, 1.807) is 6.33 Å². The molecule has 6 heteroatoms. The number of anilines is 2. The van der Waals surface area contributed by atoms with Crippen molar-refractivity contribution in [1.29, 1.82) is 0 Å². The van der Waals surface area contributed by atoms with E-state index < -0.39 is 0 Å². The molecule has 3 aromatic carbocycles. The number of hydrogen-bond donors (Lipinski definition) is 1. The van der Waals surface area contributed by atoms with Gasteiger partial charge in [0.15, 0.2) is 0 Å². The van der Waals surface area contributed by atoms with Crippen molar-refractivity contribution in [3.05, 3.63) is 91.0 Å². The quantitative estimate of drug-likeness (QED) is 0.403. The van der Waals surface area contributed by atoms with Crippen LogP contribution in [0.4, 0.5) is 11.6 Å². The molecule has 0 aliphatic rings. The van der Waals surface area contributed by atoms with Crippen LogP contribution < -0.4 is 5.32 Å². The Hall–Kier alpha value is -4.06. The van der Waals surface area contributed by atoms with E-state index >= 15 is 0 Å². The summed E-state index contributed by atoms with van der Waals surface area (Å²) in [6.07, 6.45) is 1.54. The molecule has 31 heavy (non-hydrogen) atoms. The zero-order valence-electron chi connectivity index (χ0n) is 17.4. The van der Waals surface area contributed by atoms with Crippen molar-refractivity contribution < 1.29 is 0 Å². The smallest absolute Gasteiger partial charge is 0.230 e. The average molecular weight is 406 g/mol. The molecule has 0 aliphatic heterocycles. The van der Waals surface area contributed by atoms with Gasteiger partial charge in [0, 0.05) is 22.9 Å². The summed E-state index contributed by atoms with van der Waals surface area (Å²) in [7, 11) is 0. The van der Waals surface area contributed by atoms with Gasteiger partial charge in [0.25, 0.3) is 0 Å². The van der Waals surface area contributed by atoms with Crippen LogP contribution in [0.15, 0.2) is 85.2 Å². The molecule has 0 amide bonds. The maximum absolute atomic E-state index is 4.91. The first-order valence-corrected chi connectivity index (χ1v) is 10.3. The van der Waals surface area contributed by atoms with Crippen LogP contribution in [-0.2, 0) is 0 Å². The molecule has 152 valence electrons. The summed E-state index contributed by atoms with van der Waals surface area (Å²) < 4.78 is 2.19. The molecule has 0 bridgehead atoms. The molecule has 1 N–H and O–H groups in total. The van der Waals surface area contributed by atoms with Crippen LogP contribution in [0.5, 0.6) is 0 Å². The van der Waals surface area contributed by atoms with E-state index in [1.165, 1.54) is 0 Å². The lowest BCUT2D eigenvalue weighted by Gasteiger charge is -2.11. The first-order valence-electron chi connectivity index (χ1n) is 10.3. The van der Waals surface area contributed by atoms with E-state index in [9.17, 15) is 0 Å². The molecule has 0 spiro atoms. The third-order valence-electron chi connectivity index (χ3n) is 5.08. The van der Waals surface area contributed by atoms with Gasteiger partial charge in [-0.3, -0.25) is 4.57 Å². The van der Waals surface area contributed by atoms with Crippen LogP contribution in [0.2, 0.25) is 0 Å². The summed E-state index contributed by atoms with van der Waals surface area (Å²) in [5.74, 6) is 2.46. The van der Waals surface area contributed by atoms with E-state index in [4.69, 9.17) is 4.98 Å². The fourth-order valence-corrected chi connectivity index (χ4v) is 3.54. The van der Waals surface area contributed by atoms with Crippen LogP contribution in [0.25, 0.3) is 28.1 Å². The first kappa shape index (κ1) is 18.9. The van der Waals surface area contributed by atoms with Crippen molar-refractivity contribution in [3.63, 3.8) is 0 Å². The summed E-state index contributed by atoms with van der Waals surface area (Å²) in [5.41, 5.74) is 5.07. The van der Waals surface area contributed by atoms with E-state index in [-0.39, 0.29) is 5.92 Å². The fraction of sp³-hybridized carbons (Fsp3) is 0.120. The normalized spacial score (nSPS) is 11.2. The lowest BCUT2D eigenvalue weighted by molar-refractivity contribution is 0.763. The molecule has 5 aromatic rings. The Morgan fingerprint density at radius 3 is 2.29 bits per heavy atom. The summed E-state index contributed by atoms with van der Waals surface area (Å²) in [6.45, 7) is 4.12. The number of imidazole rings is 1. The van der Waals surface area contributed by atoms with Crippen LogP contribution in [0.1, 0.15) is 25.6 Å². The van der Waals surface area contributed by atoms with Gasteiger partial charge in [-0.05, 0) is 48.5 Å². The van der Waals surface area contributed by atoms with E-state index in [0.717, 1.165) is 39.6 Å². The number of nitrogens with zero attached hydrogens (tertiary/aromatic N) is 5. The molecule has 2 heterocycles. The maximum Gasteiger partial charge on any atom is 0.230 e. The average Bonchev–Trinajstić information content (AvgIpc) is 3.20. The zero-order chi connectivity index (χ0) is 21.2. The maximum atomic E-state index is 4.91. The Morgan fingerprint density at radius 2 is 1.52 bits per heavy atom. The van der Waals surface area contributed by atoms with Crippen LogP contribution >= 0.6 is 0 Å². The van der Waals surface area contributed by atoms with E-state index in [0.29, 0.717) is 5.95 Å². The second-order valence-corrected chi connectivity index (χ2v) is 7.62. The van der Waals surface area contributed by atoms with E-state index in [2.05, 4.69) is 69.0 Å². The van der Waals surface area contributed by atoms with Crippen LogP contribution in [0, 0.1) is 0 Å². The standard InChI is InChI=1S/C25H22N6/c1-17(2)23-26-16-27-25(30-23)28-19-14-12-18(13-15-19)24-29-21-10-6-7-11-22(21)31(24)20-8-4-3-5-9-20/h3-17H,1-2H3,(H,26,27,28,30). The Labute approximate surface area is 180 Å². The number of benzene rings is 3. The first-order chi connectivity index (χ1) is 15.2. The third kappa shape index (κ3) is 3.75. The molecule has 0 radical (unpaired) electrons. The number of para-hydroxylation sites is 3.